The minimum absolute atomic E-state index is 0.524. The molecule has 0 aliphatic carbocycles. The van der Waals surface area contributed by atoms with Crippen LogP contribution in [0.1, 0.15) is 31.2 Å². The molecule has 0 aliphatic rings. The molecule has 20 heavy (non-hydrogen) atoms. The largest absolute Gasteiger partial charge is 0.382 e. The molecule has 0 bridgehead atoms. The third-order valence-electron chi connectivity index (χ3n) is 3.83. The fourth-order valence-electron chi connectivity index (χ4n) is 2.71. The molecule has 4 heteroatoms. The number of imidazole rings is 1. The highest BCUT2D eigenvalue weighted by atomic mass is 15.1. The van der Waals surface area contributed by atoms with E-state index in [1.54, 1.807) is 0 Å². The first-order valence-electron chi connectivity index (χ1n) is 7.13. The summed E-state index contributed by atoms with van der Waals surface area (Å²) in [7, 11) is 2.07. The zero-order chi connectivity index (χ0) is 14.3. The summed E-state index contributed by atoms with van der Waals surface area (Å²) in [5.74, 6) is 1.61. The van der Waals surface area contributed by atoms with Crippen LogP contribution in [-0.2, 0) is 13.5 Å². The van der Waals surface area contributed by atoms with Crippen LogP contribution in [0.3, 0.4) is 0 Å². The Morgan fingerprint density at radius 2 is 2.05 bits per heavy atom. The Bertz CT molecular complexity index is 786. The van der Waals surface area contributed by atoms with Gasteiger partial charge in [-0.3, -0.25) is 0 Å². The number of pyridine rings is 1. The molecule has 2 N–H and O–H groups in total. The standard InChI is InChI=1S/C16H20N4/c1-4-5-6-13-19-14-15(20(13)3)11-8-7-10(2)9-12(11)18-16(14)17/h7-9H,4-6H2,1-3H3,(H2,17,18). The van der Waals surface area contributed by atoms with E-state index in [0.29, 0.717) is 5.82 Å². The van der Waals surface area contributed by atoms with E-state index in [-0.39, 0.29) is 0 Å². The fourth-order valence-corrected chi connectivity index (χ4v) is 2.71. The number of nitrogen functional groups attached to an aromatic ring is 1. The Labute approximate surface area is 118 Å². The minimum Gasteiger partial charge on any atom is -0.382 e. The first-order chi connectivity index (χ1) is 9.61. The second-order valence-electron chi connectivity index (χ2n) is 5.41. The van der Waals surface area contributed by atoms with E-state index in [9.17, 15) is 0 Å². The number of aromatic nitrogens is 3. The summed E-state index contributed by atoms with van der Waals surface area (Å²) in [6.45, 7) is 4.26. The molecule has 2 heterocycles. The predicted octanol–water partition coefficient (Wildman–Crippen LogP) is 3.35. The van der Waals surface area contributed by atoms with Crippen LogP contribution in [0.25, 0.3) is 21.9 Å². The Morgan fingerprint density at radius 1 is 1.25 bits per heavy atom. The number of unbranched alkanes of at least 4 members (excludes halogenated alkanes) is 1. The average Bonchev–Trinajstić information content (AvgIpc) is 2.75. The monoisotopic (exact) mass is 268 g/mol. The predicted molar refractivity (Wildman–Crippen MR) is 83.8 cm³/mol. The molecule has 0 saturated carbocycles. The van der Waals surface area contributed by atoms with Crippen molar-refractivity contribution in [2.24, 2.45) is 7.05 Å². The molecule has 0 radical (unpaired) electrons. The Balaban J connectivity index is 2.33. The number of hydrogen-bond acceptors (Lipinski definition) is 3. The Kier molecular flexibility index (Phi) is 3.08. The molecule has 3 rings (SSSR count). The topological polar surface area (TPSA) is 56.7 Å². The van der Waals surface area contributed by atoms with Gasteiger partial charge in [0.15, 0.2) is 5.82 Å². The highest BCUT2D eigenvalue weighted by molar-refractivity contribution is 6.06. The van der Waals surface area contributed by atoms with Gasteiger partial charge in [0.25, 0.3) is 0 Å². The van der Waals surface area contributed by atoms with E-state index in [2.05, 4.69) is 48.6 Å². The normalized spacial score (nSPS) is 11.6. The Morgan fingerprint density at radius 3 is 2.80 bits per heavy atom. The number of nitrogens with zero attached hydrogens (tertiary/aromatic N) is 3. The van der Waals surface area contributed by atoms with Crippen molar-refractivity contribution in [1.82, 2.24) is 14.5 Å². The van der Waals surface area contributed by atoms with Crippen LogP contribution in [0, 0.1) is 6.92 Å². The molecule has 0 spiro atoms. The zero-order valence-corrected chi connectivity index (χ0v) is 12.3. The molecule has 0 saturated heterocycles. The van der Waals surface area contributed by atoms with Crippen molar-refractivity contribution in [3.63, 3.8) is 0 Å². The van der Waals surface area contributed by atoms with Crippen molar-refractivity contribution >= 4 is 27.8 Å². The molecule has 0 amide bonds. The average molecular weight is 268 g/mol. The number of anilines is 1. The molecule has 2 aromatic heterocycles. The number of aryl methyl sites for hydroxylation is 3. The van der Waals surface area contributed by atoms with Crippen molar-refractivity contribution in [2.45, 2.75) is 33.1 Å². The van der Waals surface area contributed by atoms with Crippen LogP contribution in [0.15, 0.2) is 18.2 Å². The van der Waals surface area contributed by atoms with Crippen LogP contribution < -0.4 is 5.73 Å². The number of fused-ring (bicyclic) bond motifs is 3. The lowest BCUT2D eigenvalue weighted by atomic mass is 10.1. The lowest BCUT2D eigenvalue weighted by Crippen LogP contribution is -1.98. The number of hydrogen-bond donors (Lipinski definition) is 1. The van der Waals surface area contributed by atoms with Gasteiger partial charge in [0.2, 0.25) is 0 Å². The van der Waals surface area contributed by atoms with E-state index < -0.39 is 0 Å². The molecule has 4 nitrogen and oxygen atoms in total. The van der Waals surface area contributed by atoms with Gasteiger partial charge in [-0.05, 0) is 25.0 Å². The van der Waals surface area contributed by atoms with E-state index in [4.69, 9.17) is 10.7 Å². The molecule has 3 aromatic rings. The van der Waals surface area contributed by atoms with Crippen molar-refractivity contribution in [3.05, 3.63) is 29.6 Å². The van der Waals surface area contributed by atoms with Crippen molar-refractivity contribution < 1.29 is 0 Å². The summed E-state index contributed by atoms with van der Waals surface area (Å²) in [5.41, 5.74) is 10.2. The number of benzene rings is 1. The first kappa shape index (κ1) is 12.9. The molecule has 1 aromatic carbocycles. The summed E-state index contributed by atoms with van der Waals surface area (Å²) in [4.78, 5) is 9.20. The number of rotatable bonds is 3. The van der Waals surface area contributed by atoms with Crippen LogP contribution in [0.5, 0.6) is 0 Å². The fraction of sp³-hybridized carbons (Fsp3) is 0.375. The third kappa shape index (κ3) is 1.92. The van der Waals surface area contributed by atoms with Gasteiger partial charge in [-0.15, -0.1) is 0 Å². The van der Waals surface area contributed by atoms with Crippen molar-refractivity contribution in [1.29, 1.82) is 0 Å². The molecule has 0 atom stereocenters. The second kappa shape index (κ2) is 4.78. The lowest BCUT2D eigenvalue weighted by Gasteiger charge is -2.05. The molecule has 0 aliphatic heterocycles. The van der Waals surface area contributed by atoms with Crippen molar-refractivity contribution in [2.75, 3.05) is 5.73 Å². The highest BCUT2D eigenvalue weighted by Gasteiger charge is 2.14. The first-order valence-corrected chi connectivity index (χ1v) is 7.13. The molecular weight excluding hydrogens is 248 g/mol. The number of nitrogens with two attached hydrogens (primary N) is 1. The summed E-state index contributed by atoms with van der Waals surface area (Å²) in [5, 5.41) is 1.12. The SMILES string of the molecule is CCCCc1nc2c(N)nc3cc(C)ccc3c2n1C. The van der Waals surface area contributed by atoms with Gasteiger partial charge >= 0.3 is 0 Å². The molecule has 104 valence electrons. The Hall–Kier alpha value is -2.10. The summed E-state index contributed by atoms with van der Waals surface area (Å²) >= 11 is 0. The zero-order valence-electron chi connectivity index (χ0n) is 12.3. The van der Waals surface area contributed by atoms with Crippen LogP contribution in [-0.4, -0.2) is 14.5 Å². The quantitative estimate of drug-likeness (QED) is 0.792. The maximum absolute atomic E-state index is 6.10. The molecular formula is C16H20N4. The third-order valence-corrected chi connectivity index (χ3v) is 3.83. The van der Waals surface area contributed by atoms with Crippen LogP contribution in [0.4, 0.5) is 5.82 Å². The molecule has 0 unspecified atom stereocenters. The van der Waals surface area contributed by atoms with Gasteiger partial charge in [-0.25, -0.2) is 9.97 Å². The van der Waals surface area contributed by atoms with Gasteiger partial charge in [0, 0.05) is 18.9 Å². The van der Waals surface area contributed by atoms with Gasteiger partial charge in [-0.1, -0.05) is 25.5 Å². The maximum atomic E-state index is 6.10. The van der Waals surface area contributed by atoms with Crippen LogP contribution in [0.2, 0.25) is 0 Å². The maximum Gasteiger partial charge on any atom is 0.152 e. The van der Waals surface area contributed by atoms with Gasteiger partial charge in [0.05, 0.1) is 11.0 Å². The van der Waals surface area contributed by atoms with Crippen molar-refractivity contribution in [3.8, 4) is 0 Å². The van der Waals surface area contributed by atoms with E-state index in [0.717, 1.165) is 47.0 Å². The van der Waals surface area contributed by atoms with Crippen LogP contribution >= 0.6 is 0 Å². The second-order valence-corrected chi connectivity index (χ2v) is 5.41. The van der Waals surface area contributed by atoms with E-state index >= 15 is 0 Å². The molecule has 0 fully saturated rings. The summed E-state index contributed by atoms with van der Waals surface area (Å²) < 4.78 is 2.17. The highest BCUT2D eigenvalue weighted by Crippen LogP contribution is 2.28. The van der Waals surface area contributed by atoms with Gasteiger partial charge < -0.3 is 10.3 Å². The van der Waals surface area contributed by atoms with Gasteiger partial charge in [0.1, 0.15) is 11.3 Å². The smallest absolute Gasteiger partial charge is 0.152 e. The lowest BCUT2D eigenvalue weighted by molar-refractivity contribution is 0.720. The summed E-state index contributed by atoms with van der Waals surface area (Å²) in [6, 6.07) is 6.30. The van der Waals surface area contributed by atoms with Gasteiger partial charge in [-0.2, -0.15) is 0 Å². The summed E-state index contributed by atoms with van der Waals surface area (Å²) in [6.07, 6.45) is 3.28. The van der Waals surface area contributed by atoms with E-state index in [1.807, 2.05) is 0 Å². The minimum atomic E-state index is 0.524. The van der Waals surface area contributed by atoms with E-state index in [1.165, 1.54) is 5.56 Å².